The van der Waals surface area contributed by atoms with Gasteiger partial charge in [-0.25, -0.2) is 9.97 Å². The second-order valence-electron chi connectivity index (χ2n) is 8.89. The molecule has 2 aromatic rings. The van der Waals surface area contributed by atoms with Crippen molar-refractivity contribution >= 4 is 11.7 Å². The molecule has 2 atom stereocenters. The number of aliphatic hydroxyl groups is 1. The van der Waals surface area contributed by atoms with Crippen molar-refractivity contribution in [1.82, 2.24) is 25.1 Å². The molecule has 1 aromatic carbocycles. The van der Waals surface area contributed by atoms with Gasteiger partial charge in [-0.15, -0.1) is 0 Å². The number of hydrogen-bond donors (Lipinski definition) is 3. The zero-order valence-corrected chi connectivity index (χ0v) is 18.8. The fraction of sp³-hybridized carbons (Fsp3) is 0.522. The Kier molecular flexibility index (Phi) is 7.64. The minimum absolute atomic E-state index is 0.0821. The molecule has 0 radical (unpaired) electrons. The van der Waals surface area contributed by atoms with Crippen LogP contribution in [0, 0.1) is 0 Å². The number of anilines is 1. The third kappa shape index (κ3) is 6.87. The number of halogens is 3. The van der Waals surface area contributed by atoms with Crippen molar-refractivity contribution in [3.8, 4) is 0 Å². The molecule has 11 heteroatoms. The lowest BCUT2D eigenvalue weighted by Gasteiger charge is -2.30. The molecule has 0 bridgehead atoms. The summed E-state index contributed by atoms with van der Waals surface area (Å²) in [5.74, 6) is -0.0647. The Labute approximate surface area is 196 Å². The van der Waals surface area contributed by atoms with E-state index in [9.17, 15) is 23.1 Å². The van der Waals surface area contributed by atoms with E-state index in [1.54, 1.807) is 0 Å². The van der Waals surface area contributed by atoms with E-state index in [1.807, 2.05) is 12.1 Å². The van der Waals surface area contributed by atoms with E-state index in [-0.39, 0.29) is 24.8 Å². The zero-order chi connectivity index (χ0) is 24.1. The molecule has 8 nitrogen and oxygen atoms in total. The van der Waals surface area contributed by atoms with Crippen molar-refractivity contribution in [2.75, 3.05) is 44.6 Å². The maximum absolute atomic E-state index is 12.6. The first-order valence-electron chi connectivity index (χ1n) is 11.4. The molecule has 4 rings (SSSR count). The number of alkyl halides is 3. The summed E-state index contributed by atoms with van der Waals surface area (Å²) in [5.41, 5.74) is 2.72. The number of amides is 1. The Hall–Kier alpha value is -2.76. The summed E-state index contributed by atoms with van der Waals surface area (Å²) in [4.78, 5) is 24.1. The highest BCUT2D eigenvalue weighted by atomic mass is 19.4. The van der Waals surface area contributed by atoms with Crippen LogP contribution in [0.25, 0.3) is 0 Å². The topological polar surface area (TPSA) is 93.6 Å². The molecule has 3 heterocycles. The van der Waals surface area contributed by atoms with E-state index < -0.39 is 24.7 Å². The summed E-state index contributed by atoms with van der Waals surface area (Å²) in [6.45, 7) is 1.80. The first-order valence-corrected chi connectivity index (χ1v) is 11.4. The standard InChI is InChI=1S/C23H29F3N6O2/c24-23(25,26)14-32-8-6-18(12-32)30-21-9-20(28-15-29-21)22(34)27-10-19(33)13-31-7-5-16-3-1-2-4-17(16)11-31/h1-4,9,15,18-19,33H,5-8,10-14H2,(H,27,34)(H,28,29,30). The highest BCUT2D eigenvalue weighted by Gasteiger charge is 2.34. The first-order chi connectivity index (χ1) is 16.2. The Bertz CT molecular complexity index is 989. The maximum Gasteiger partial charge on any atom is 0.401 e. The Morgan fingerprint density at radius 1 is 1.18 bits per heavy atom. The van der Waals surface area contributed by atoms with Crippen LogP contribution in [0.4, 0.5) is 19.0 Å². The van der Waals surface area contributed by atoms with E-state index in [2.05, 4.69) is 37.6 Å². The predicted molar refractivity (Wildman–Crippen MR) is 120 cm³/mol. The number of benzene rings is 1. The maximum atomic E-state index is 12.6. The largest absolute Gasteiger partial charge is 0.401 e. The van der Waals surface area contributed by atoms with Crippen LogP contribution in [0.15, 0.2) is 36.7 Å². The van der Waals surface area contributed by atoms with Crippen molar-refractivity contribution in [3.05, 3.63) is 53.5 Å². The van der Waals surface area contributed by atoms with Gasteiger partial charge >= 0.3 is 6.18 Å². The molecule has 1 fully saturated rings. The summed E-state index contributed by atoms with van der Waals surface area (Å²) < 4.78 is 37.7. The van der Waals surface area contributed by atoms with Gasteiger partial charge in [0, 0.05) is 51.4 Å². The molecule has 2 aliphatic heterocycles. The molecule has 2 aliphatic rings. The third-order valence-corrected chi connectivity index (χ3v) is 6.10. The molecule has 0 spiro atoms. The number of aromatic nitrogens is 2. The van der Waals surface area contributed by atoms with Gasteiger partial charge in [-0.1, -0.05) is 24.3 Å². The second-order valence-corrected chi connectivity index (χ2v) is 8.89. The van der Waals surface area contributed by atoms with Gasteiger partial charge in [0.1, 0.15) is 17.8 Å². The van der Waals surface area contributed by atoms with Gasteiger partial charge in [-0.3, -0.25) is 14.6 Å². The van der Waals surface area contributed by atoms with E-state index in [4.69, 9.17) is 0 Å². The van der Waals surface area contributed by atoms with Gasteiger partial charge in [-0.05, 0) is 24.0 Å². The van der Waals surface area contributed by atoms with Gasteiger partial charge in [0.05, 0.1) is 12.6 Å². The lowest BCUT2D eigenvalue weighted by atomic mass is 10.00. The first kappa shape index (κ1) is 24.4. The number of carbonyl (C=O) groups excluding carboxylic acids is 1. The van der Waals surface area contributed by atoms with E-state index >= 15 is 0 Å². The molecule has 0 aliphatic carbocycles. The van der Waals surface area contributed by atoms with Gasteiger partial charge in [0.25, 0.3) is 5.91 Å². The SMILES string of the molecule is O=C(NCC(O)CN1CCc2ccccc2C1)c1cc(NC2CCN(CC(F)(F)F)C2)ncn1. The molecule has 3 N–H and O–H groups in total. The minimum atomic E-state index is -4.22. The quantitative estimate of drug-likeness (QED) is 0.532. The summed E-state index contributed by atoms with van der Waals surface area (Å²) in [7, 11) is 0. The average molecular weight is 479 g/mol. The molecule has 1 saturated heterocycles. The molecule has 34 heavy (non-hydrogen) atoms. The number of hydrogen-bond acceptors (Lipinski definition) is 7. The molecular formula is C23H29F3N6O2. The van der Waals surface area contributed by atoms with Crippen molar-refractivity contribution in [2.45, 2.75) is 37.7 Å². The number of β-amino-alcohol motifs (C(OH)–C–C–N with tert-alkyl or cyclic N) is 1. The average Bonchev–Trinajstić information content (AvgIpc) is 3.22. The number of nitrogens with zero attached hydrogens (tertiary/aromatic N) is 4. The minimum Gasteiger partial charge on any atom is -0.390 e. The highest BCUT2D eigenvalue weighted by molar-refractivity contribution is 5.92. The summed E-state index contributed by atoms with van der Waals surface area (Å²) in [6.07, 6.45) is -2.23. The van der Waals surface area contributed by atoms with Crippen LogP contribution >= 0.6 is 0 Å². The van der Waals surface area contributed by atoms with Gasteiger partial charge in [-0.2, -0.15) is 13.2 Å². The van der Waals surface area contributed by atoms with Crippen molar-refractivity contribution < 1.29 is 23.1 Å². The normalized spacial score (nSPS) is 20.1. The van der Waals surface area contributed by atoms with Crippen LogP contribution in [-0.4, -0.2) is 88.4 Å². The lowest BCUT2D eigenvalue weighted by Crippen LogP contribution is -2.42. The number of carbonyl (C=O) groups is 1. The molecule has 1 aromatic heterocycles. The van der Waals surface area contributed by atoms with Crippen LogP contribution in [0.2, 0.25) is 0 Å². The van der Waals surface area contributed by atoms with Crippen LogP contribution in [0.5, 0.6) is 0 Å². The Morgan fingerprint density at radius 2 is 1.97 bits per heavy atom. The monoisotopic (exact) mass is 478 g/mol. The Morgan fingerprint density at radius 3 is 2.76 bits per heavy atom. The number of aliphatic hydroxyl groups excluding tert-OH is 1. The number of fused-ring (bicyclic) bond motifs is 1. The molecular weight excluding hydrogens is 449 g/mol. The fourth-order valence-electron chi connectivity index (χ4n) is 4.49. The highest BCUT2D eigenvalue weighted by Crippen LogP contribution is 2.21. The van der Waals surface area contributed by atoms with Gasteiger partial charge in [0.2, 0.25) is 0 Å². The third-order valence-electron chi connectivity index (χ3n) is 6.10. The van der Waals surface area contributed by atoms with Crippen molar-refractivity contribution in [1.29, 1.82) is 0 Å². The lowest BCUT2D eigenvalue weighted by molar-refractivity contribution is -0.143. The molecule has 1 amide bonds. The van der Waals surface area contributed by atoms with E-state index in [0.29, 0.717) is 25.3 Å². The zero-order valence-electron chi connectivity index (χ0n) is 18.8. The Balaban J connectivity index is 1.23. The molecule has 0 saturated carbocycles. The molecule has 184 valence electrons. The van der Waals surface area contributed by atoms with Crippen LogP contribution in [0.3, 0.4) is 0 Å². The number of nitrogens with one attached hydrogen (secondary N) is 2. The van der Waals surface area contributed by atoms with Gasteiger partial charge < -0.3 is 15.7 Å². The van der Waals surface area contributed by atoms with Gasteiger partial charge in [0.15, 0.2) is 0 Å². The van der Waals surface area contributed by atoms with Crippen molar-refractivity contribution in [3.63, 3.8) is 0 Å². The van der Waals surface area contributed by atoms with Crippen LogP contribution < -0.4 is 10.6 Å². The summed E-state index contributed by atoms with van der Waals surface area (Å²) in [5, 5.41) is 16.2. The second kappa shape index (κ2) is 10.7. The fourth-order valence-corrected chi connectivity index (χ4v) is 4.49. The predicted octanol–water partition coefficient (Wildman–Crippen LogP) is 1.67. The van der Waals surface area contributed by atoms with Crippen LogP contribution in [-0.2, 0) is 13.0 Å². The van der Waals surface area contributed by atoms with Crippen molar-refractivity contribution in [2.24, 2.45) is 0 Å². The number of rotatable bonds is 8. The number of likely N-dealkylation sites (tertiary alicyclic amines) is 1. The molecule has 2 unspecified atom stereocenters. The summed E-state index contributed by atoms with van der Waals surface area (Å²) >= 11 is 0. The summed E-state index contributed by atoms with van der Waals surface area (Å²) in [6, 6.07) is 9.54. The van der Waals surface area contributed by atoms with Crippen LogP contribution in [0.1, 0.15) is 28.0 Å². The smallest absolute Gasteiger partial charge is 0.390 e. The van der Waals surface area contributed by atoms with E-state index in [0.717, 1.165) is 19.5 Å². The van der Waals surface area contributed by atoms with E-state index in [1.165, 1.54) is 28.4 Å².